The molecule has 0 spiro atoms. The maximum absolute atomic E-state index is 14.3. The summed E-state index contributed by atoms with van der Waals surface area (Å²) in [7, 11) is 0. The molecule has 0 aliphatic heterocycles. The summed E-state index contributed by atoms with van der Waals surface area (Å²) in [6.07, 6.45) is -1.47. The number of carbonyl (C=O) groups is 2. The standard InChI is InChI=1S/C21H19BrF2O4/c22-15-8-6-14(7-9-15)16-10-21(23,24)11-17(19(25)26)18(16)20(27)28-12-13-4-2-1-3-5-13/h1-9,16-18H,10-12H2,(H,25,26)/t16-,17-,18-/m1/s1. The summed E-state index contributed by atoms with van der Waals surface area (Å²) >= 11 is 3.29. The number of carboxylic acids is 1. The van der Waals surface area contributed by atoms with Crippen molar-refractivity contribution in [1.29, 1.82) is 0 Å². The van der Waals surface area contributed by atoms with Gasteiger partial charge in [0.2, 0.25) is 5.92 Å². The molecule has 2 aromatic rings. The number of carboxylic acid groups (broad SMARTS) is 1. The van der Waals surface area contributed by atoms with Gasteiger partial charge in [0.1, 0.15) is 6.61 Å². The highest BCUT2D eigenvalue weighted by atomic mass is 79.9. The van der Waals surface area contributed by atoms with Crippen molar-refractivity contribution in [3.63, 3.8) is 0 Å². The van der Waals surface area contributed by atoms with E-state index in [0.717, 1.165) is 10.0 Å². The third-order valence-corrected chi connectivity index (χ3v) is 5.54. The van der Waals surface area contributed by atoms with E-state index in [9.17, 15) is 23.5 Å². The Morgan fingerprint density at radius 2 is 1.71 bits per heavy atom. The molecule has 1 aliphatic carbocycles. The van der Waals surface area contributed by atoms with Crippen LogP contribution in [0.4, 0.5) is 8.78 Å². The lowest BCUT2D eigenvalue weighted by molar-refractivity contribution is -0.171. The molecule has 148 valence electrons. The molecule has 3 atom stereocenters. The Kier molecular flexibility index (Phi) is 6.13. The predicted octanol–water partition coefficient (Wildman–Crippen LogP) is 5.02. The van der Waals surface area contributed by atoms with Crippen LogP contribution in [-0.4, -0.2) is 23.0 Å². The fourth-order valence-corrected chi connectivity index (χ4v) is 3.96. The van der Waals surface area contributed by atoms with Crippen LogP contribution in [0, 0.1) is 11.8 Å². The molecule has 4 nitrogen and oxygen atoms in total. The van der Waals surface area contributed by atoms with Crippen LogP contribution in [-0.2, 0) is 20.9 Å². The molecule has 0 heterocycles. The molecule has 0 radical (unpaired) electrons. The molecule has 7 heteroatoms. The zero-order valence-electron chi connectivity index (χ0n) is 14.9. The fraction of sp³-hybridized carbons (Fsp3) is 0.333. The normalized spacial score (nSPS) is 23.8. The number of benzene rings is 2. The average Bonchev–Trinajstić information content (AvgIpc) is 2.66. The van der Waals surface area contributed by atoms with Crippen molar-refractivity contribution in [2.24, 2.45) is 11.8 Å². The first-order valence-corrected chi connectivity index (χ1v) is 9.63. The maximum Gasteiger partial charge on any atom is 0.310 e. The van der Waals surface area contributed by atoms with E-state index in [-0.39, 0.29) is 6.61 Å². The van der Waals surface area contributed by atoms with Crippen LogP contribution >= 0.6 is 15.9 Å². The zero-order chi connectivity index (χ0) is 20.3. The fourth-order valence-electron chi connectivity index (χ4n) is 3.69. The highest BCUT2D eigenvalue weighted by Crippen LogP contribution is 2.49. The number of carbonyl (C=O) groups excluding carboxylic acids is 1. The number of esters is 1. The van der Waals surface area contributed by atoms with Crippen LogP contribution in [0.5, 0.6) is 0 Å². The second-order valence-corrected chi connectivity index (χ2v) is 7.90. The van der Waals surface area contributed by atoms with Gasteiger partial charge in [-0.3, -0.25) is 9.59 Å². The summed E-state index contributed by atoms with van der Waals surface area (Å²) in [5, 5.41) is 9.54. The Balaban J connectivity index is 1.89. The number of aliphatic carboxylic acids is 1. The van der Waals surface area contributed by atoms with Gasteiger partial charge in [-0.25, -0.2) is 8.78 Å². The second kappa shape index (κ2) is 8.39. The lowest BCUT2D eigenvalue weighted by atomic mass is 9.68. The van der Waals surface area contributed by atoms with Crippen molar-refractivity contribution in [2.75, 3.05) is 0 Å². The molecule has 1 fully saturated rings. The van der Waals surface area contributed by atoms with Gasteiger partial charge >= 0.3 is 11.9 Å². The zero-order valence-corrected chi connectivity index (χ0v) is 16.4. The minimum atomic E-state index is -3.17. The van der Waals surface area contributed by atoms with Crippen LogP contribution < -0.4 is 0 Å². The largest absolute Gasteiger partial charge is 0.481 e. The number of rotatable bonds is 5. The third kappa shape index (κ3) is 4.76. The monoisotopic (exact) mass is 452 g/mol. The van der Waals surface area contributed by atoms with Crippen LogP contribution in [0.25, 0.3) is 0 Å². The van der Waals surface area contributed by atoms with Crippen LogP contribution in [0.1, 0.15) is 29.9 Å². The molecule has 1 aliphatic rings. The molecule has 0 unspecified atom stereocenters. The Bertz CT molecular complexity index is 839. The van der Waals surface area contributed by atoms with Gasteiger partial charge in [-0.15, -0.1) is 0 Å². The van der Waals surface area contributed by atoms with E-state index in [1.54, 1.807) is 48.5 Å². The average molecular weight is 453 g/mol. The van der Waals surface area contributed by atoms with Gasteiger partial charge in [-0.2, -0.15) is 0 Å². The van der Waals surface area contributed by atoms with Crippen molar-refractivity contribution >= 4 is 27.9 Å². The molecule has 0 bridgehead atoms. The minimum Gasteiger partial charge on any atom is -0.481 e. The first kappa shape index (κ1) is 20.5. The van der Waals surface area contributed by atoms with Gasteiger partial charge in [0, 0.05) is 23.2 Å². The van der Waals surface area contributed by atoms with Crippen molar-refractivity contribution in [3.8, 4) is 0 Å². The third-order valence-electron chi connectivity index (χ3n) is 5.02. The van der Waals surface area contributed by atoms with E-state index in [2.05, 4.69) is 15.9 Å². The van der Waals surface area contributed by atoms with Gasteiger partial charge in [0.05, 0.1) is 11.8 Å². The number of ether oxygens (including phenoxy) is 1. The second-order valence-electron chi connectivity index (χ2n) is 6.99. The molecular formula is C21H19BrF2O4. The highest BCUT2D eigenvalue weighted by molar-refractivity contribution is 9.10. The molecule has 3 rings (SSSR count). The van der Waals surface area contributed by atoms with Crippen molar-refractivity contribution in [3.05, 3.63) is 70.2 Å². The highest BCUT2D eigenvalue weighted by Gasteiger charge is 2.53. The summed E-state index contributed by atoms with van der Waals surface area (Å²) in [5.74, 6) is -8.98. The summed E-state index contributed by atoms with van der Waals surface area (Å²) < 4.78 is 34.7. The summed E-state index contributed by atoms with van der Waals surface area (Å²) in [4.78, 5) is 24.5. The predicted molar refractivity (Wildman–Crippen MR) is 102 cm³/mol. The molecular weight excluding hydrogens is 434 g/mol. The van der Waals surface area contributed by atoms with Crippen molar-refractivity contribution in [2.45, 2.75) is 31.3 Å². The first-order chi connectivity index (χ1) is 13.3. The van der Waals surface area contributed by atoms with E-state index in [1.807, 2.05) is 6.07 Å². The Morgan fingerprint density at radius 1 is 1.07 bits per heavy atom. The van der Waals surface area contributed by atoms with E-state index in [0.29, 0.717) is 5.56 Å². The minimum absolute atomic E-state index is 0.0358. The Hall–Kier alpha value is -2.28. The van der Waals surface area contributed by atoms with Gasteiger partial charge in [0.25, 0.3) is 0 Å². The van der Waals surface area contributed by atoms with Crippen molar-refractivity contribution < 1.29 is 28.2 Å². The smallest absolute Gasteiger partial charge is 0.310 e. The summed E-state index contributed by atoms with van der Waals surface area (Å²) in [6, 6.07) is 15.6. The maximum atomic E-state index is 14.3. The molecule has 28 heavy (non-hydrogen) atoms. The molecule has 1 saturated carbocycles. The number of halogens is 3. The first-order valence-electron chi connectivity index (χ1n) is 8.83. The van der Waals surface area contributed by atoms with Crippen molar-refractivity contribution in [1.82, 2.24) is 0 Å². The number of alkyl halides is 2. The van der Waals surface area contributed by atoms with E-state index in [4.69, 9.17) is 4.74 Å². The SMILES string of the molecule is O=C(OCc1ccccc1)[C@@H]1[C@@H](c2ccc(Br)cc2)CC(F)(F)C[C@H]1C(=O)O. The summed E-state index contributed by atoms with van der Waals surface area (Å²) in [6.45, 7) is -0.0358. The topological polar surface area (TPSA) is 63.6 Å². The quantitative estimate of drug-likeness (QED) is 0.646. The number of hydrogen-bond donors (Lipinski definition) is 1. The molecule has 0 amide bonds. The lowest BCUT2D eigenvalue weighted by Gasteiger charge is -2.38. The molecule has 2 aromatic carbocycles. The van der Waals surface area contributed by atoms with Crippen LogP contribution in [0.15, 0.2) is 59.1 Å². The number of hydrogen-bond acceptors (Lipinski definition) is 3. The van der Waals surface area contributed by atoms with Gasteiger partial charge < -0.3 is 9.84 Å². The Labute approximate surface area is 169 Å². The van der Waals surface area contributed by atoms with E-state index >= 15 is 0 Å². The van der Waals surface area contributed by atoms with E-state index < -0.39 is 48.5 Å². The van der Waals surface area contributed by atoms with Crippen LogP contribution in [0.2, 0.25) is 0 Å². The Morgan fingerprint density at radius 3 is 2.32 bits per heavy atom. The van der Waals surface area contributed by atoms with Crippen LogP contribution in [0.3, 0.4) is 0 Å². The molecule has 0 saturated heterocycles. The summed E-state index contributed by atoms with van der Waals surface area (Å²) in [5.41, 5.74) is 1.24. The lowest BCUT2D eigenvalue weighted by Crippen LogP contribution is -2.45. The van der Waals surface area contributed by atoms with E-state index in [1.165, 1.54) is 0 Å². The van der Waals surface area contributed by atoms with Gasteiger partial charge in [-0.05, 0) is 23.3 Å². The molecule has 0 aromatic heterocycles. The van der Waals surface area contributed by atoms with Gasteiger partial charge in [-0.1, -0.05) is 58.4 Å². The van der Waals surface area contributed by atoms with Gasteiger partial charge in [0.15, 0.2) is 0 Å². The molecule has 1 N–H and O–H groups in total.